The zero-order chi connectivity index (χ0) is 49.2. The van der Waals surface area contributed by atoms with Crippen LogP contribution in [0.2, 0.25) is 39.3 Å². The first-order valence-electron chi connectivity index (χ1n) is 23.0. The molecule has 0 saturated heterocycles. The highest BCUT2D eigenvalue weighted by Crippen LogP contribution is 2.49. The molecule has 0 unspecified atom stereocenters. The summed E-state index contributed by atoms with van der Waals surface area (Å²) in [4.78, 5) is 3.49. The predicted octanol–water partition coefficient (Wildman–Crippen LogP) is 16.2. The molecular weight excluding hydrogens is 909 g/mol. The Labute approximate surface area is 406 Å². The van der Waals surface area contributed by atoms with E-state index in [1.54, 1.807) is 58.3 Å². The minimum Gasteiger partial charge on any atom is -0.307 e. The standard InChI is InChI=1S/C60H46F4N4Si2/c1-69(2,3)43-23-19-41(20-24-43)67(57-33-51(61)49(31-53(57)63)45-13-9-7-11-39(45)35-65)55-29-17-37-16-28-48-56(30-18-38-15-27-47(55)59(37)60(38)48)68(42-21-25-44(26-22-42)70(4,5)6)58-34-52(62)50(32-54(58)64)46-14-10-8-12-40(46)36-66/h7-34H,1-6H3. The van der Waals surface area contributed by atoms with E-state index >= 15 is 17.6 Å². The van der Waals surface area contributed by atoms with E-state index in [1.807, 2.05) is 72.8 Å². The molecule has 0 aliphatic heterocycles. The molecule has 0 bridgehead atoms. The summed E-state index contributed by atoms with van der Waals surface area (Å²) >= 11 is 0. The second-order valence-corrected chi connectivity index (χ2v) is 29.9. The maximum atomic E-state index is 17.1. The minimum atomic E-state index is -1.75. The van der Waals surface area contributed by atoms with Gasteiger partial charge in [-0.1, -0.05) is 147 Å². The van der Waals surface area contributed by atoms with Crippen molar-refractivity contribution < 1.29 is 17.6 Å². The first kappa shape index (κ1) is 45.7. The van der Waals surface area contributed by atoms with Crippen molar-refractivity contribution in [3.05, 3.63) is 204 Å². The molecule has 342 valence electrons. The van der Waals surface area contributed by atoms with Crippen molar-refractivity contribution in [3.63, 3.8) is 0 Å². The van der Waals surface area contributed by atoms with Crippen molar-refractivity contribution in [2.24, 2.45) is 0 Å². The molecule has 0 aliphatic rings. The molecule has 10 aromatic rings. The Morgan fingerprint density at radius 1 is 0.371 bits per heavy atom. The summed E-state index contributed by atoms with van der Waals surface area (Å²) in [6, 6.07) is 53.8. The third-order valence-electron chi connectivity index (χ3n) is 13.3. The number of nitriles is 2. The third kappa shape index (κ3) is 7.95. The monoisotopic (exact) mass is 954 g/mol. The van der Waals surface area contributed by atoms with Gasteiger partial charge in [0.05, 0.1) is 62.2 Å². The lowest BCUT2D eigenvalue weighted by Gasteiger charge is -2.30. The number of halogens is 4. The summed E-state index contributed by atoms with van der Waals surface area (Å²) in [5.41, 5.74) is 3.40. The van der Waals surface area contributed by atoms with E-state index in [2.05, 4.69) is 75.7 Å². The van der Waals surface area contributed by atoms with Gasteiger partial charge in [-0.2, -0.15) is 10.5 Å². The summed E-state index contributed by atoms with van der Waals surface area (Å²) in [5, 5.41) is 27.1. The lowest BCUT2D eigenvalue weighted by atomic mass is 9.91. The van der Waals surface area contributed by atoms with Crippen molar-refractivity contribution in [2.75, 3.05) is 9.80 Å². The van der Waals surface area contributed by atoms with E-state index in [9.17, 15) is 10.5 Å². The Morgan fingerprint density at radius 3 is 1.09 bits per heavy atom. The van der Waals surface area contributed by atoms with Crippen LogP contribution in [-0.4, -0.2) is 16.1 Å². The van der Waals surface area contributed by atoms with Crippen LogP contribution in [0.4, 0.5) is 51.7 Å². The van der Waals surface area contributed by atoms with E-state index in [4.69, 9.17) is 0 Å². The molecule has 4 nitrogen and oxygen atoms in total. The first-order chi connectivity index (χ1) is 33.5. The van der Waals surface area contributed by atoms with Crippen molar-refractivity contribution >= 4 is 93.0 Å². The Morgan fingerprint density at radius 2 is 0.729 bits per heavy atom. The average Bonchev–Trinajstić information content (AvgIpc) is 3.35. The SMILES string of the molecule is C[Si](C)(C)c1ccc(N(c2cc(F)c(-c3ccccc3C#N)cc2F)c2ccc3ccc4c(N(c5ccc([Si](C)(C)C)cc5)c5cc(F)c(-c6ccccc6C#N)cc5F)ccc5ccc2c3c54)cc1. The van der Waals surface area contributed by atoms with Crippen LogP contribution in [0.15, 0.2) is 170 Å². The molecular formula is C60H46F4N4Si2. The van der Waals surface area contributed by atoms with Gasteiger partial charge in [-0.05, 0) is 82.2 Å². The third-order valence-corrected chi connectivity index (χ3v) is 17.4. The van der Waals surface area contributed by atoms with Gasteiger partial charge in [0, 0.05) is 56.5 Å². The smallest absolute Gasteiger partial charge is 0.148 e. The average molecular weight is 955 g/mol. The molecule has 10 heteroatoms. The van der Waals surface area contributed by atoms with Gasteiger partial charge in [0.25, 0.3) is 0 Å². The molecule has 10 aromatic carbocycles. The molecule has 0 fully saturated rings. The first-order valence-corrected chi connectivity index (χ1v) is 30.0. The molecule has 10 rings (SSSR count). The van der Waals surface area contributed by atoms with Crippen LogP contribution in [0.5, 0.6) is 0 Å². The number of hydrogen-bond donors (Lipinski definition) is 0. The summed E-state index contributed by atoms with van der Waals surface area (Å²) < 4.78 is 67.3. The molecule has 0 spiro atoms. The van der Waals surface area contributed by atoms with Gasteiger partial charge in [-0.15, -0.1) is 0 Å². The predicted molar refractivity (Wildman–Crippen MR) is 286 cm³/mol. The van der Waals surface area contributed by atoms with Gasteiger partial charge in [-0.25, -0.2) is 17.6 Å². The Hall–Kier alpha value is -8.03. The van der Waals surface area contributed by atoms with Gasteiger partial charge in [-0.3, -0.25) is 0 Å². The molecule has 70 heavy (non-hydrogen) atoms. The number of rotatable bonds is 10. The van der Waals surface area contributed by atoms with Crippen molar-refractivity contribution in [1.82, 2.24) is 0 Å². The summed E-state index contributed by atoms with van der Waals surface area (Å²) in [6.45, 7) is 13.5. The second-order valence-electron chi connectivity index (χ2n) is 19.7. The highest BCUT2D eigenvalue weighted by atomic mass is 28.3. The van der Waals surface area contributed by atoms with Gasteiger partial charge in [0.1, 0.15) is 23.3 Å². The van der Waals surface area contributed by atoms with E-state index in [0.717, 1.165) is 44.5 Å². The normalized spacial score (nSPS) is 11.8. The lowest BCUT2D eigenvalue weighted by Crippen LogP contribution is -2.37. The molecule has 0 aliphatic carbocycles. The van der Waals surface area contributed by atoms with E-state index in [1.165, 1.54) is 22.5 Å². The maximum absolute atomic E-state index is 17.1. The maximum Gasteiger partial charge on any atom is 0.148 e. The molecule has 0 atom stereocenters. The van der Waals surface area contributed by atoms with E-state index in [-0.39, 0.29) is 33.6 Å². The minimum absolute atomic E-state index is 0.0153. The molecule has 0 aromatic heterocycles. The number of nitrogens with zero attached hydrogens (tertiary/aromatic N) is 4. The fraction of sp³-hybridized carbons (Fsp3) is 0.100. The Bertz CT molecular complexity index is 3520. The highest BCUT2D eigenvalue weighted by molar-refractivity contribution is 6.89. The van der Waals surface area contributed by atoms with Gasteiger partial charge >= 0.3 is 0 Å². The lowest BCUT2D eigenvalue weighted by molar-refractivity contribution is 0.604. The number of anilines is 6. The Balaban J connectivity index is 1.21. The van der Waals surface area contributed by atoms with Crippen molar-refractivity contribution in [3.8, 4) is 34.4 Å². The van der Waals surface area contributed by atoms with Crippen LogP contribution in [0.1, 0.15) is 11.1 Å². The van der Waals surface area contributed by atoms with Crippen LogP contribution in [-0.2, 0) is 0 Å². The molecule has 0 radical (unpaired) electrons. The topological polar surface area (TPSA) is 54.1 Å². The van der Waals surface area contributed by atoms with Gasteiger partial charge in [0.2, 0.25) is 0 Å². The zero-order valence-corrected chi connectivity index (χ0v) is 41.5. The van der Waals surface area contributed by atoms with Crippen molar-refractivity contribution in [2.45, 2.75) is 39.3 Å². The molecule has 0 N–H and O–H groups in total. The van der Waals surface area contributed by atoms with Crippen LogP contribution in [0.25, 0.3) is 54.6 Å². The van der Waals surface area contributed by atoms with Crippen LogP contribution in [0, 0.1) is 45.9 Å². The highest BCUT2D eigenvalue weighted by Gasteiger charge is 2.28. The van der Waals surface area contributed by atoms with Crippen LogP contribution in [0.3, 0.4) is 0 Å². The van der Waals surface area contributed by atoms with Crippen molar-refractivity contribution in [1.29, 1.82) is 10.5 Å². The molecule has 0 saturated carbocycles. The zero-order valence-electron chi connectivity index (χ0n) is 39.5. The summed E-state index contributed by atoms with van der Waals surface area (Å²) in [7, 11) is -3.51. The van der Waals surface area contributed by atoms with Gasteiger partial charge in [0.15, 0.2) is 0 Å². The van der Waals surface area contributed by atoms with Gasteiger partial charge < -0.3 is 9.80 Å². The fourth-order valence-electron chi connectivity index (χ4n) is 9.66. The quantitative estimate of drug-likeness (QED) is 0.0779. The van der Waals surface area contributed by atoms with Crippen LogP contribution < -0.4 is 20.2 Å². The largest absolute Gasteiger partial charge is 0.307 e. The summed E-state index contributed by atoms with van der Waals surface area (Å²) in [5.74, 6) is -2.74. The van der Waals surface area contributed by atoms with E-state index in [0.29, 0.717) is 33.9 Å². The molecule has 0 amide bonds. The second kappa shape index (κ2) is 17.5. The fourth-order valence-corrected chi connectivity index (χ4v) is 12.0. The summed E-state index contributed by atoms with van der Waals surface area (Å²) in [6.07, 6.45) is 0. The molecule has 0 heterocycles. The van der Waals surface area contributed by atoms with Crippen LogP contribution >= 0.6 is 0 Å². The number of hydrogen-bond acceptors (Lipinski definition) is 4. The Kier molecular flexibility index (Phi) is 11.4. The number of benzene rings is 10. The van der Waals surface area contributed by atoms with E-state index < -0.39 is 39.4 Å².